The van der Waals surface area contributed by atoms with Crippen molar-refractivity contribution >= 4 is 10.9 Å². The summed E-state index contributed by atoms with van der Waals surface area (Å²) in [7, 11) is 0. The number of hydrogen-bond donors (Lipinski definition) is 0. The smallest absolute Gasteiger partial charge is 0.296 e. The van der Waals surface area contributed by atoms with Gasteiger partial charge < -0.3 is 0 Å². The van der Waals surface area contributed by atoms with Crippen LogP contribution in [0.5, 0.6) is 0 Å². The molecule has 4 aromatic rings. The van der Waals surface area contributed by atoms with E-state index >= 15 is 0 Å². The molecule has 1 fully saturated rings. The predicted octanol–water partition coefficient (Wildman–Crippen LogP) is 6.53. The van der Waals surface area contributed by atoms with Gasteiger partial charge in [0.05, 0.1) is 23.3 Å². The van der Waals surface area contributed by atoms with Crippen LogP contribution in [-0.4, -0.2) is 51.9 Å². The maximum atomic E-state index is 13.5. The summed E-state index contributed by atoms with van der Waals surface area (Å²) in [4.78, 5) is 4.30. The second-order valence-corrected chi connectivity index (χ2v) is 9.97. The normalized spacial score (nSPS) is 18.4. The minimum Gasteiger partial charge on any atom is -0.296 e. The van der Waals surface area contributed by atoms with Crippen molar-refractivity contribution in [2.75, 3.05) is 26.2 Å². The highest BCUT2D eigenvalue weighted by Crippen LogP contribution is 2.35. The highest BCUT2D eigenvalue weighted by molar-refractivity contribution is 5.82. The van der Waals surface area contributed by atoms with Crippen LogP contribution in [0, 0.1) is 18.7 Å². The van der Waals surface area contributed by atoms with E-state index in [9.17, 15) is 17.6 Å². The first-order chi connectivity index (χ1) is 17.7. The molecule has 1 aliphatic rings. The van der Waals surface area contributed by atoms with Gasteiger partial charge in [0, 0.05) is 44.2 Å². The molecule has 37 heavy (non-hydrogen) atoms. The van der Waals surface area contributed by atoms with Crippen molar-refractivity contribution < 1.29 is 17.6 Å². The van der Waals surface area contributed by atoms with Gasteiger partial charge >= 0.3 is 6.18 Å². The fraction of sp³-hybridized carbons (Fsp3) is 0.345. The molecule has 0 saturated carbocycles. The van der Waals surface area contributed by atoms with Gasteiger partial charge in [0.1, 0.15) is 5.82 Å². The standard InChI is InChI=1S/C29H30F4N4/c1-20-14-27-23(16-34-37(27)25-10-8-24(30)9-11-25)15-26(20)28-19-35(18-22-6-4-3-5-7-22)12-13-36(28)17-21(2)29(31,32)33/h3-11,14-16,21,28H,12-13,17-19H2,1-2H3/t21?,28-/m1/s1. The van der Waals surface area contributed by atoms with E-state index in [-0.39, 0.29) is 18.4 Å². The van der Waals surface area contributed by atoms with Gasteiger partial charge in [0.25, 0.3) is 0 Å². The molecular weight excluding hydrogens is 480 g/mol. The lowest BCUT2D eigenvalue weighted by Crippen LogP contribution is -2.50. The molecule has 0 radical (unpaired) electrons. The summed E-state index contributed by atoms with van der Waals surface area (Å²) in [6.07, 6.45) is -2.48. The van der Waals surface area contributed by atoms with Crippen LogP contribution < -0.4 is 0 Å². The quantitative estimate of drug-likeness (QED) is 0.276. The Hall–Kier alpha value is -3.23. The van der Waals surface area contributed by atoms with Crippen molar-refractivity contribution in [1.29, 1.82) is 0 Å². The van der Waals surface area contributed by atoms with E-state index < -0.39 is 12.1 Å². The number of piperazine rings is 1. The maximum absolute atomic E-state index is 13.5. The lowest BCUT2D eigenvalue weighted by molar-refractivity contribution is -0.177. The second-order valence-electron chi connectivity index (χ2n) is 9.97. The summed E-state index contributed by atoms with van der Waals surface area (Å²) < 4.78 is 55.7. The van der Waals surface area contributed by atoms with Crippen LogP contribution in [0.15, 0.2) is 72.9 Å². The average molecular weight is 511 g/mol. The van der Waals surface area contributed by atoms with Crippen molar-refractivity contribution in [3.8, 4) is 5.69 Å². The molecule has 0 amide bonds. The van der Waals surface area contributed by atoms with Gasteiger partial charge in [-0.05, 0) is 60.0 Å². The number of rotatable bonds is 6. The fourth-order valence-electron chi connectivity index (χ4n) is 5.17. The molecular formula is C29H30F4N4. The van der Waals surface area contributed by atoms with Crippen molar-refractivity contribution in [2.45, 2.75) is 32.6 Å². The highest BCUT2D eigenvalue weighted by Gasteiger charge is 2.39. The summed E-state index contributed by atoms with van der Waals surface area (Å²) in [5, 5.41) is 5.41. The Kier molecular flexibility index (Phi) is 7.05. The van der Waals surface area contributed by atoms with Crippen LogP contribution in [-0.2, 0) is 6.54 Å². The Morgan fingerprint density at radius 3 is 2.43 bits per heavy atom. The maximum Gasteiger partial charge on any atom is 0.392 e. The number of aryl methyl sites for hydroxylation is 1. The van der Waals surface area contributed by atoms with E-state index in [0.717, 1.165) is 34.3 Å². The van der Waals surface area contributed by atoms with Gasteiger partial charge in [-0.25, -0.2) is 9.07 Å². The van der Waals surface area contributed by atoms with Crippen LogP contribution in [0.1, 0.15) is 29.7 Å². The molecule has 1 aliphatic heterocycles. The molecule has 0 spiro atoms. The topological polar surface area (TPSA) is 24.3 Å². The Labute approximate surface area is 214 Å². The van der Waals surface area contributed by atoms with Crippen LogP contribution in [0.4, 0.5) is 17.6 Å². The van der Waals surface area contributed by atoms with E-state index in [0.29, 0.717) is 19.6 Å². The molecule has 4 nitrogen and oxygen atoms in total. The number of hydrogen-bond acceptors (Lipinski definition) is 3. The molecule has 2 heterocycles. The number of benzene rings is 3. The Balaban J connectivity index is 1.48. The summed E-state index contributed by atoms with van der Waals surface area (Å²) >= 11 is 0. The van der Waals surface area contributed by atoms with Crippen LogP contribution in [0.3, 0.4) is 0 Å². The molecule has 194 valence electrons. The Morgan fingerprint density at radius 1 is 1.00 bits per heavy atom. The van der Waals surface area contributed by atoms with Gasteiger partial charge in [-0.15, -0.1) is 0 Å². The first-order valence-corrected chi connectivity index (χ1v) is 12.5. The summed E-state index contributed by atoms with van der Waals surface area (Å²) in [6, 6.07) is 20.2. The predicted molar refractivity (Wildman–Crippen MR) is 137 cm³/mol. The molecule has 0 aliphatic carbocycles. The lowest BCUT2D eigenvalue weighted by atomic mass is 9.94. The van der Waals surface area contributed by atoms with E-state index in [1.54, 1.807) is 23.0 Å². The van der Waals surface area contributed by atoms with Crippen LogP contribution in [0.25, 0.3) is 16.6 Å². The van der Waals surface area contributed by atoms with Crippen molar-refractivity contribution in [1.82, 2.24) is 19.6 Å². The van der Waals surface area contributed by atoms with E-state index in [4.69, 9.17) is 0 Å². The first kappa shape index (κ1) is 25.4. The zero-order valence-corrected chi connectivity index (χ0v) is 20.9. The third-order valence-corrected chi connectivity index (χ3v) is 7.28. The largest absolute Gasteiger partial charge is 0.392 e. The molecule has 1 unspecified atom stereocenters. The number of nitrogens with zero attached hydrogens (tertiary/aromatic N) is 4. The third-order valence-electron chi connectivity index (χ3n) is 7.28. The molecule has 3 aromatic carbocycles. The number of halogens is 4. The third kappa shape index (κ3) is 5.55. The monoisotopic (exact) mass is 510 g/mol. The van der Waals surface area contributed by atoms with Gasteiger partial charge in [0.15, 0.2) is 0 Å². The molecule has 0 bridgehead atoms. The van der Waals surface area contributed by atoms with Crippen LogP contribution in [0.2, 0.25) is 0 Å². The fourth-order valence-corrected chi connectivity index (χ4v) is 5.17. The van der Waals surface area contributed by atoms with Gasteiger partial charge in [0.2, 0.25) is 0 Å². The average Bonchev–Trinajstić information content (AvgIpc) is 3.27. The van der Waals surface area contributed by atoms with Crippen molar-refractivity contribution in [3.05, 3.63) is 95.4 Å². The number of aromatic nitrogens is 2. The van der Waals surface area contributed by atoms with Gasteiger partial charge in [-0.2, -0.15) is 18.3 Å². The van der Waals surface area contributed by atoms with E-state index in [1.807, 2.05) is 36.1 Å². The summed E-state index contributed by atoms with van der Waals surface area (Å²) in [5.41, 5.74) is 4.81. The molecule has 1 saturated heterocycles. The molecule has 0 N–H and O–H groups in total. The minimum atomic E-state index is -4.24. The van der Waals surface area contributed by atoms with Crippen LogP contribution >= 0.6 is 0 Å². The molecule has 8 heteroatoms. The highest BCUT2D eigenvalue weighted by atomic mass is 19.4. The summed E-state index contributed by atoms with van der Waals surface area (Å²) in [6.45, 7) is 5.87. The molecule has 5 rings (SSSR count). The lowest BCUT2D eigenvalue weighted by Gasteiger charge is -2.43. The Morgan fingerprint density at radius 2 is 1.73 bits per heavy atom. The van der Waals surface area contributed by atoms with Gasteiger partial charge in [-0.3, -0.25) is 9.80 Å². The number of alkyl halides is 3. The SMILES string of the molecule is Cc1cc2c(cnn2-c2ccc(F)cc2)cc1[C@H]1CN(Cc2ccccc2)CCN1CC(C)C(F)(F)F. The molecule has 1 aromatic heterocycles. The minimum absolute atomic E-state index is 0.0420. The van der Waals surface area contributed by atoms with Crippen molar-refractivity contribution in [2.24, 2.45) is 5.92 Å². The first-order valence-electron chi connectivity index (χ1n) is 12.5. The zero-order chi connectivity index (χ0) is 26.2. The van der Waals surface area contributed by atoms with Gasteiger partial charge in [-0.1, -0.05) is 37.3 Å². The Bertz CT molecular complexity index is 1350. The van der Waals surface area contributed by atoms with Crippen molar-refractivity contribution in [3.63, 3.8) is 0 Å². The second kappa shape index (κ2) is 10.3. The van der Waals surface area contributed by atoms with E-state index in [2.05, 4.69) is 28.2 Å². The zero-order valence-electron chi connectivity index (χ0n) is 20.9. The summed E-state index contributed by atoms with van der Waals surface area (Å²) in [5.74, 6) is -1.73. The van der Waals surface area contributed by atoms with E-state index in [1.165, 1.54) is 24.6 Å². The molecule has 2 atom stereocenters. The number of fused-ring (bicyclic) bond motifs is 1.